The maximum Gasteiger partial charge on any atom is 0.313 e. The predicted octanol–water partition coefficient (Wildman–Crippen LogP) is 2.67. The van der Waals surface area contributed by atoms with E-state index in [1.54, 1.807) is 0 Å². The molecule has 2 N–H and O–H groups in total. The number of carbonyl (C=O) groups is 1. The Hall–Kier alpha value is -1.35. The lowest BCUT2D eigenvalue weighted by molar-refractivity contribution is -0.159. The van der Waals surface area contributed by atoms with Crippen LogP contribution in [0.2, 0.25) is 0 Å². The zero-order valence-electron chi connectivity index (χ0n) is 10.8. The summed E-state index contributed by atoms with van der Waals surface area (Å²) in [6.45, 7) is 5.97. The monoisotopic (exact) mass is 235 g/mol. The molecule has 0 spiro atoms. The van der Waals surface area contributed by atoms with Crippen LogP contribution in [-0.4, -0.2) is 12.5 Å². The van der Waals surface area contributed by atoms with Crippen LogP contribution in [0, 0.1) is 5.41 Å². The van der Waals surface area contributed by atoms with Gasteiger partial charge in [-0.2, -0.15) is 0 Å². The smallest absolute Gasteiger partial charge is 0.313 e. The number of hydrogen-bond acceptors (Lipinski definition) is 3. The Labute approximate surface area is 103 Å². The number of hydrogen-bond donors (Lipinski definition) is 1. The molecular weight excluding hydrogens is 214 g/mol. The van der Waals surface area contributed by atoms with Gasteiger partial charge in [0.15, 0.2) is 0 Å². The zero-order valence-corrected chi connectivity index (χ0v) is 10.8. The van der Waals surface area contributed by atoms with Gasteiger partial charge < -0.3 is 10.5 Å². The summed E-state index contributed by atoms with van der Waals surface area (Å²) < 4.78 is 5.46. The van der Waals surface area contributed by atoms with Crippen LogP contribution in [-0.2, 0) is 9.53 Å². The maximum atomic E-state index is 12.0. The Morgan fingerprint density at radius 1 is 1.41 bits per heavy atom. The first kappa shape index (κ1) is 13.7. The fourth-order valence-corrected chi connectivity index (χ4v) is 1.47. The van der Waals surface area contributed by atoms with Crippen LogP contribution in [0.4, 0.5) is 0 Å². The van der Waals surface area contributed by atoms with E-state index in [0.29, 0.717) is 13.0 Å². The van der Waals surface area contributed by atoms with Gasteiger partial charge in [0.05, 0.1) is 5.41 Å². The van der Waals surface area contributed by atoms with Crippen molar-refractivity contribution >= 4 is 5.97 Å². The highest BCUT2D eigenvalue weighted by Gasteiger charge is 2.32. The largest absolute Gasteiger partial charge is 0.457 e. The Kier molecular flexibility index (Phi) is 4.70. The number of ether oxygens (including phenoxy) is 1. The molecule has 0 aromatic heterocycles. The molecule has 0 amide bonds. The molecule has 2 unspecified atom stereocenters. The number of esters is 1. The third-order valence-corrected chi connectivity index (χ3v) is 3.28. The second kappa shape index (κ2) is 5.82. The molecule has 1 aromatic rings. The molecule has 1 aromatic carbocycles. The van der Waals surface area contributed by atoms with Crippen LogP contribution in [0.3, 0.4) is 0 Å². The summed E-state index contributed by atoms with van der Waals surface area (Å²) in [5, 5.41) is 0. The summed E-state index contributed by atoms with van der Waals surface area (Å²) in [7, 11) is 0. The Morgan fingerprint density at radius 3 is 2.47 bits per heavy atom. The van der Waals surface area contributed by atoms with Crippen molar-refractivity contribution in [1.82, 2.24) is 0 Å². The fourth-order valence-electron chi connectivity index (χ4n) is 1.47. The highest BCUT2D eigenvalue weighted by atomic mass is 16.5. The summed E-state index contributed by atoms with van der Waals surface area (Å²) in [5.41, 5.74) is 6.05. The molecule has 0 bridgehead atoms. The van der Waals surface area contributed by atoms with Gasteiger partial charge in [-0.3, -0.25) is 4.79 Å². The molecule has 1 rings (SSSR count). The average molecular weight is 235 g/mol. The van der Waals surface area contributed by atoms with Crippen LogP contribution in [0.5, 0.6) is 0 Å². The number of nitrogens with two attached hydrogens (primary N) is 1. The van der Waals surface area contributed by atoms with Crippen LogP contribution < -0.4 is 5.73 Å². The van der Waals surface area contributed by atoms with Crippen molar-refractivity contribution in [3.63, 3.8) is 0 Å². The molecule has 0 saturated heterocycles. The van der Waals surface area contributed by atoms with Gasteiger partial charge in [-0.25, -0.2) is 0 Å². The molecule has 0 fully saturated rings. The van der Waals surface area contributed by atoms with Crippen molar-refractivity contribution in [1.29, 1.82) is 0 Å². The Morgan fingerprint density at radius 2 is 2.00 bits per heavy atom. The standard InChI is InChI=1S/C14H21NO2/c1-4-14(3,10-15)13(16)17-11(2)12-8-6-5-7-9-12/h5-9,11H,4,10,15H2,1-3H3. The van der Waals surface area contributed by atoms with Crippen LogP contribution >= 0.6 is 0 Å². The zero-order chi connectivity index (χ0) is 12.9. The van der Waals surface area contributed by atoms with E-state index in [1.165, 1.54) is 0 Å². The third kappa shape index (κ3) is 3.30. The molecule has 0 saturated carbocycles. The average Bonchev–Trinajstić information content (AvgIpc) is 2.38. The molecular formula is C14H21NO2. The predicted molar refractivity (Wildman–Crippen MR) is 68.4 cm³/mol. The van der Waals surface area contributed by atoms with E-state index in [4.69, 9.17) is 10.5 Å². The molecule has 94 valence electrons. The van der Waals surface area contributed by atoms with Gasteiger partial charge in [-0.15, -0.1) is 0 Å². The highest BCUT2D eigenvalue weighted by Crippen LogP contribution is 2.25. The lowest BCUT2D eigenvalue weighted by atomic mass is 9.88. The van der Waals surface area contributed by atoms with E-state index in [9.17, 15) is 4.79 Å². The van der Waals surface area contributed by atoms with Gasteiger partial charge in [0.25, 0.3) is 0 Å². The van der Waals surface area contributed by atoms with E-state index >= 15 is 0 Å². The molecule has 3 heteroatoms. The lowest BCUT2D eigenvalue weighted by Crippen LogP contribution is -2.37. The van der Waals surface area contributed by atoms with Crippen molar-refractivity contribution in [2.45, 2.75) is 33.3 Å². The van der Waals surface area contributed by atoms with Gasteiger partial charge in [0.1, 0.15) is 6.10 Å². The van der Waals surface area contributed by atoms with E-state index in [-0.39, 0.29) is 12.1 Å². The maximum absolute atomic E-state index is 12.0. The van der Waals surface area contributed by atoms with Crippen molar-refractivity contribution in [3.05, 3.63) is 35.9 Å². The number of carbonyl (C=O) groups excluding carboxylic acids is 1. The molecule has 0 heterocycles. The summed E-state index contributed by atoms with van der Waals surface area (Å²) in [4.78, 5) is 12.0. The highest BCUT2D eigenvalue weighted by molar-refractivity contribution is 5.76. The van der Waals surface area contributed by atoms with Crippen molar-refractivity contribution in [3.8, 4) is 0 Å². The molecule has 17 heavy (non-hydrogen) atoms. The minimum Gasteiger partial charge on any atom is -0.457 e. The first-order chi connectivity index (χ1) is 8.03. The molecule has 0 aliphatic rings. The van der Waals surface area contributed by atoms with E-state index in [2.05, 4.69) is 0 Å². The van der Waals surface area contributed by atoms with E-state index in [0.717, 1.165) is 5.56 Å². The second-order valence-corrected chi connectivity index (χ2v) is 4.58. The summed E-state index contributed by atoms with van der Waals surface area (Å²) >= 11 is 0. The van der Waals surface area contributed by atoms with E-state index < -0.39 is 5.41 Å². The Balaban J connectivity index is 2.69. The molecule has 2 atom stereocenters. The van der Waals surface area contributed by atoms with Gasteiger partial charge in [-0.05, 0) is 25.8 Å². The van der Waals surface area contributed by atoms with Crippen LogP contribution in [0.25, 0.3) is 0 Å². The quantitative estimate of drug-likeness (QED) is 0.798. The molecule has 0 aliphatic carbocycles. The molecule has 0 radical (unpaired) electrons. The lowest BCUT2D eigenvalue weighted by Gasteiger charge is -2.26. The van der Waals surface area contributed by atoms with Crippen molar-refractivity contribution < 1.29 is 9.53 Å². The van der Waals surface area contributed by atoms with Crippen LogP contribution in [0.1, 0.15) is 38.9 Å². The third-order valence-electron chi connectivity index (χ3n) is 3.28. The molecule has 3 nitrogen and oxygen atoms in total. The SMILES string of the molecule is CCC(C)(CN)C(=O)OC(C)c1ccccc1. The molecule has 0 aliphatic heterocycles. The summed E-state index contributed by atoms with van der Waals surface area (Å²) in [6, 6.07) is 9.70. The first-order valence-electron chi connectivity index (χ1n) is 5.99. The fraction of sp³-hybridized carbons (Fsp3) is 0.500. The normalized spacial score (nSPS) is 16.0. The van der Waals surface area contributed by atoms with Gasteiger partial charge in [0.2, 0.25) is 0 Å². The second-order valence-electron chi connectivity index (χ2n) is 4.58. The Bertz CT molecular complexity index is 358. The first-order valence-corrected chi connectivity index (χ1v) is 5.99. The number of benzene rings is 1. The van der Waals surface area contributed by atoms with Gasteiger partial charge >= 0.3 is 5.97 Å². The van der Waals surface area contributed by atoms with Crippen LogP contribution in [0.15, 0.2) is 30.3 Å². The summed E-state index contributed by atoms with van der Waals surface area (Å²) in [6.07, 6.45) is 0.449. The number of rotatable bonds is 5. The van der Waals surface area contributed by atoms with E-state index in [1.807, 2.05) is 51.1 Å². The summed E-state index contributed by atoms with van der Waals surface area (Å²) in [5.74, 6) is -0.223. The van der Waals surface area contributed by atoms with Crippen molar-refractivity contribution in [2.24, 2.45) is 11.1 Å². The minimum absolute atomic E-state index is 0.223. The minimum atomic E-state index is -0.580. The van der Waals surface area contributed by atoms with Crippen molar-refractivity contribution in [2.75, 3.05) is 6.54 Å². The topological polar surface area (TPSA) is 52.3 Å². The van der Waals surface area contributed by atoms with Gasteiger partial charge in [-0.1, -0.05) is 37.3 Å². The van der Waals surface area contributed by atoms with Gasteiger partial charge in [0, 0.05) is 6.54 Å².